The van der Waals surface area contributed by atoms with Crippen molar-refractivity contribution in [1.29, 1.82) is 0 Å². The SMILES string of the molecule is C=Cc1cncc2c(-c3nn(C4CCOCC4)c4c3CN(C(C)=O)CC4)cccc12.CCc1ccc(-c2nn(C3CCOCC3)c3c2CN(C(C)=O)CC3)c2cnccc12.CCc1cncc2c(-c3nn(C4CCOCC4)c4c3CN(C(C)=O)CC4)cccc12.COc1cncc2c(-c3nn(C4CCOCC4)c4c3CN(C(C)=O)CC4)cccc12. The molecule has 622 valence electrons. The second kappa shape index (κ2) is 35.9. The predicted molar refractivity (Wildman–Crippen MR) is 463 cm³/mol. The molecule has 20 rings (SSSR count). The Morgan fingerprint density at radius 1 is 0.383 bits per heavy atom. The van der Waals surface area contributed by atoms with Gasteiger partial charge in [-0.2, -0.15) is 20.4 Å². The Labute approximate surface area is 700 Å². The molecular weight excluding hydrogens is 1510 g/mol. The maximum Gasteiger partial charge on any atom is 0.219 e. The number of carbonyl (C=O) groups is 4. The summed E-state index contributed by atoms with van der Waals surface area (Å²) in [6.07, 6.45) is 30.0. The molecule has 0 bridgehead atoms. The first-order valence-corrected chi connectivity index (χ1v) is 43.0. The molecule has 12 aromatic rings. The van der Waals surface area contributed by atoms with Crippen LogP contribution in [0.5, 0.6) is 5.75 Å². The van der Waals surface area contributed by atoms with E-state index in [-0.39, 0.29) is 23.6 Å². The van der Waals surface area contributed by atoms with Gasteiger partial charge < -0.3 is 43.3 Å². The zero-order chi connectivity index (χ0) is 82.7. The van der Waals surface area contributed by atoms with Crippen molar-refractivity contribution < 1.29 is 42.9 Å². The van der Waals surface area contributed by atoms with Crippen molar-refractivity contribution in [2.24, 2.45) is 0 Å². The summed E-state index contributed by atoms with van der Waals surface area (Å²) in [6, 6.07) is 26.8. The number of hydrogen-bond acceptors (Lipinski definition) is 17. The molecule has 16 heterocycles. The standard InChI is InChI=1S/2C24H28N4O2.C24H26N4O2.C23H26N4O3/c1-3-17-4-5-20(21-14-25-10-6-19(17)21)24-22-15-27(16(2)29)11-7-23(22)28(26-24)18-8-12-30-13-9-18;2*1-3-17-13-25-14-21-19(17)5-4-6-20(21)24-22-15-27(16(2)29)10-7-23(22)28(26-24)18-8-11-30-12-9-18;1-15(28)26-9-6-21-20(14-26)23(25-27(21)16-7-10-30-11-8-16)18-5-3-4-17-19(18)12-24-13-22(17)29-2/h4-6,10,14,18H,3,7-9,11-13,15H2,1-2H3;4-6,13-14,18H,3,7-12,15H2,1-2H3;3-6,13-14,18H,1,7-12,15H2,2H3;3-5,12-13,16H,6-11,14H2,1-2H3. The van der Waals surface area contributed by atoms with Crippen LogP contribution in [0.3, 0.4) is 0 Å². The Hall–Kier alpha value is -11.4. The van der Waals surface area contributed by atoms with Gasteiger partial charge in [0, 0.05) is 302 Å². The first-order valence-electron chi connectivity index (χ1n) is 43.0. The van der Waals surface area contributed by atoms with E-state index in [1.165, 1.54) is 61.4 Å². The lowest BCUT2D eigenvalue weighted by atomic mass is 9.94. The van der Waals surface area contributed by atoms with Crippen molar-refractivity contribution in [1.82, 2.24) is 78.7 Å². The van der Waals surface area contributed by atoms with Crippen LogP contribution >= 0.6 is 0 Å². The van der Waals surface area contributed by atoms with Crippen LogP contribution in [-0.2, 0) is 103 Å². The Morgan fingerprint density at radius 3 is 1.07 bits per heavy atom. The number of nitrogens with zero attached hydrogens (tertiary/aromatic N) is 16. The highest BCUT2D eigenvalue weighted by Crippen LogP contribution is 2.44. The summed E-state index contributed by atoms with van der Waals surface area (Å²) >= 11 is 0. The number of aryl methyl sites for hydroxylation is 2. The molecule has 0 radical (unpaired) electrons. The molecule has 120 heavy (non-hydrogen) atoms. The Morgan fingerprint density at radius 2 is 0.708 bits per heavy atom. The van der Waals surface area contributed by atoms with Crippen LogP contribution < -0.4 is 4.74 Å². The first kappa shape index (κ1) is 81.0. The average Bonchev–Trinajstić information content (AvgIpc) is 1.60. The number of aromatic nitrogens is 12. The van der Waals surface area contributed by atoms with E-state index in [0.29, 0.717) is 50.3 Å². The van der Waals surface area contributed by atoms with Gasteiger partial charge >= 0.3 is 0 Å². The van der Waals surface area contributed by atoms with E-state index in [9.17, 15) is 19.2 Å². The number of carbonyl (C=O) groups excluding carboxylic acids is 4. The lowest BCUT2D eigenvalue weighted by Crippen LogP contribution is -2.35. The third-order valence-corrected chi connectivity index (χ3v) is 25.9. The van der Waals surface area contributed by atoms with Crippen molar-refractivity contribution in [2.75, 3.05) is 86.1 Å². The number of benzene rings is 4. The normalized spacial score (nSPS) is 17.3. The van der Waals surface area contributed by atoms with Crippen LogP contribution in [0.15, 0.2) is 129 Å². The van der Waals surface area contributed by atoms with Crippen molar-refractivity contribution >= 4 is 72.8 Å². The summed E-state index contributed by atoms with van der Waals surface area (Å²) in [5, 5.41) is 29.6. The summed E-state index contributed by atoms with van der Waals surface area (Å²) in [7, 11) is 1.66. The summed E-state index contributed by atoms with van der Waals surface area (Å²) < 4.78 is 36.8. The minimum absolute atomic E-state index is 0.103. The summed E-state index contributed by atoms with van der Waals surface area (Å²) in [6.45, 7) is 26.5. The number of hydrogen-bond donors (Lipinski definition) is 0. The number of pyridine rings is 4. The first-order chi connectivity index (χ1) is 58.7. The van der Waals surface area contributed by atoms with E-state index < -0.39 is 0 Å². The second-order valence-electron chi connectivity index (χ2n) is 32.7. The van der Waals surface area contributed by atoms with Gasteiger partial charge in [-0.25, -0.2) is 0 Å². The van der Waals surface area contributed by atoms with Gasteiger partial charge in [0.2, 0.25) is 23.6 Å². The predicted octanol–water partition coefficient (Wildman–Crippen LogP) is 15.2. The largest absolute Gasteiger partial charge is 0.494 e. The number of ether oxygens (including phenoxy) is 5. The summed E-state index contributed by atoms with van der Waals surface area (Å²) in [5.74, 6) is 1.21. The van der Waals surface area contributed by atoms with E-state index in [2.05, 4.69) is 120 Å². The topological polar surface area (TPSA) is 250 Å². The fraction of sp³-hybridized carbons (Fsp3) is 0.432. The molecule has 0 unspecified atom stereocenters. The maximum atomic E-state index is 12.1. The van der Waals surface area contributed by atoms with E-state index >= 15 is 0 Å². The highest BCUT2D eigenvalue weighted by atomic mass is 16.5. The van der Waals surface area contributed by atoms with Crippen LogP contribution in [0.2, 0.25) is 0 Å². The van der Waals surface area contributed by atoms with Crippen molar-refractivity contribution in [3.05, 3.63) is 191 Å². The molecular formula is C95H108N16O9. The van der Waals surface area contributed by atoms with Crippen LogP contribution in [0.4, 0.5) is 0 Å². The van der Waals surface area contributed by atoms with Crippen molar-refractivity contribution in [2.45, 2.75) is 182 Å². The highest BCUT2D eigenvalue weighted by Gasteiger charge is 2.37. The smallest absolute Gasteiger partial charge is 0.219 e. The number of fused-ring (bicyclic) bond motifs is 8. The zero-order valence-electron chi connectivity index (χ0n) is 70.2. The van der Waals surface area contributed by atoms with E-state index in [0.717, 1.165) is 263 Å². The van der Waals surface area contributed by atoms with Gasteiger partial charge in [0.15, 0.2) is 0 Å². The summed E-state index contributed by atoms with van der Waals surface area (Å²) in [5.41, 5.74) is 21.6. The highest BCUT2D eigenvalue weighted by molar-refractivity contribution is 6.02. The Kier molecular flexibility index (Phi) is 24.2. The van der Waals surface area contributed by atoms with Crippen LogP contribution in [0.1, 0.15) is 179 Å². The molecule has 4 aromatic carbocycles. The zero-order valence-corrected chi connectivity index (χ0v) is 70.2. The fourth-order valence-electron chi connectivity index (χ4n) is 19.3. The second-order valence-corrected chi connectivity index (χ2v) is 32.7. The maximum absolute atomic E-state index is 12.1. The third-order valence-electron chi connectivity index (χ3n) is 25.9. The molecule has 4 saturated heterocycles. The van der Waals surface area contributed by atoms with E-state index in [1.807, 2.05) is 81.2 Å². The number of amides is 4. The minimum atomic E-state index is 0.103. The van der Waals surface area contributed by atoms with Gasteiger partial charge in [-0.1, -0.05) is 93.2 Å². The van der Waals surface area contributed by atoms with Crippen molar-refractivity contribution in [3.63, 3.8) is 0 Å². The van der Waals surface area contributed by atoms with Crippen LogP contribution in [0.25, 0.3) is 94.2 Å². The van der Waals surface area contributed by atoms with E-state index in [4.69, 9.17) is 44.1 Å². The molecule has 0 aliphatic carbocycles. The van der Waals surface area contributed by atoms with Crippen LogP contribution in [0, 0.1) is 0 Å². The molecule has 0 spiro atoms. The van der Waals surface area contributed by atoms with Crippen molar-refractivity contribution in [3.8, 4) is 50.8 Å². The number of rotatable bonds is 12. The fourth-order valence-corrected chi connectivity index (χ4v) is 19.3. The van der Waals surface area contributed by atoms with E-state index in [1.54, 1.807) is 41.0 Å². The summed E-state index contributed by atoms with van der Waals surface area (Å²) in [4.78, 5) is 73.9. The van der Waals surface area contributed by atoms with Gasteiger partial charge in [-0.05, 0) is 97.6 Å². The molecule has 8 aliphatic rings. The van der Waals surface area contributed by atoms with Gasteiger partial charge in [0.05, 0.1) is 60.2 Å². The van der Waals surface area contributed by atoms with Crippen LogP contribution in [-0.4, -0.2) is 188 Å². The van der Waals surface area contributed by atoms with Gasteiger partial charge in [0.25, 0.3) is 0 Å². The molecule has 25 heteroatoms. The molecule has 8 aliphatic heterocycles. The Balaban J connectivity index is 0.000000114. The minimum Gasteiger partial charge on any atom is -0.494 e. The average molecular weight is 1620 g/mol. The lowest BCUT2D eigenvalue weighted by Gasteiger charge is -2.29. The molecule has 0 N–H and O–H groups in total. The quantitative estimate of drug-likeness (QED) is 0.110. The monoisotopic (exact) mass is 1620 g/mol. The van der Waals surface area contributed by atoms with Gasteiger partial charge in [-0.15, -0.1) is 0 Å². The molecule has 4 amide bonds. The molecule has 8 aromatic heterocycles. The molecule has 4 fully saturated rings. The van der Waals surface area contributed by atoms with Gasteiger partial charge in [0.1, 0.15) is 5.75 Å². The lowest BCUT2D eigenvalue weighted by molar-refractivity contribution is -0.130. The third kappa shape index (κ3) is 16.0. The number of methoxy groups -OCH3 is 1. The molecule has 25 nitrogen and oxygen atoms in total. The Bertz CT molecular complexity index is 5480. The van der Waals surface area contributed by atoms with Gasteiger partial charge in [-0.3, -0.25) is 57.8 Å². The molecule has 0 atom stereocenters. The molecule has 0 saturated carbocycles.